The molecule has 1 amide bonds. The van der Waals surface area contributed by atoms with Crippen LogP contribution in [0.3, 0.4) is 0 Å². The number of aromatic nitrogens is 2. The van der Waals surface area contributed by atoms with Gasteiger partial charge < -0.3 is 14.5 Å². The molecule has 0 saturated carbocycles. The van der Waals surface area contributed by atoms with Crippen molar-refractivity contribution in [3.8, 4) is 5.88 Å². The highest BCUT2D eigenvalue weighted by Gasteiger charge is 2.27. The Morgan fingerprint density at radius 3 is 2.84 bits per heavy atom. The summed E-state index contributed by atoms with van der Waals surface area (Å²) in [6.07, 6.45) is 5.02. The van der Waals surface area contributed by atoms with E-state index in [1.165, 1.54) is 0 Å². The average molecular weight is 340 g/mol. The first-order valence-electron chi connectivity index (χ1n) is 8.55. The predicted octanol–water partition coefficient (Wildman–Crippen LogP) is 2.53. The number of nitrogens with zero attached hydrogens (tertiary/aromatic N) is 4. The third-order valence-corrected chi connectivity index (χ3v) is 4.28. The minimum Gasteiger partial charge on any atom is -0.470 e. The number of hydrogen-bond acceptors (Lipinski definition) is 5. The SMILES string of the molecule is Cc1cccc(C(=O)N2CCCC(Oc3nccnc3N(C)C)C2)c1. The van der Waals surface area contributed by atoms with Gasteiger partial charge >= 0.3 is 0 Å². The Kier molecular flexibility index (Phi) is 5.16. The van der Waals surface area contributed by atoms with Gasteiger partial charge in [0, 0.05) is 38.6 Å². The van der Waals surface area contributed by atoms with Gasteiger partial charge in [-0.05, 0) is 31.9 Å². The highest BCUT2D eigenvalue weighted by atomic mass is 16.5. The van der Waals surface area contributed by atoms with Crippen LogP contribution >= 0.6 is 0 Å². The number of benzene rings is 1. The minimum atomic E-state index is -0.0714. The van der Waals surface area contributed by atoms with Gasteiger partial charge in [-0.3, -0.25) is 4.79 Å². The molecule has 0 N–H and O–H groups in total. The lowest BCUT2D eigenvalue weighted by Gasteiger charge is -2.33. The first kappa shape index (κ1) is 17.2. The topological polar surface area (TPSA) is 58.6 Å². The largest absolute Gasteiger partial charge is 0.470 e. The van der Waals surface area contributed by atoms with E-state index in [0.717, 1.165) is 30.5 Å². The third-order valence-electron chi connectivity index (χ3n) is 4.28. The molecule has 2 aromatic rings. The summed E-state index contributed by atoms with van der Waals surface area (Å²) in [5.41, 5.74) is 1.82. The molecule has 1 aromatic carbocycles. The van der Waals surface area contributed by atoms with Gasteiger partial charge in [-0.1, -0.05) is 17.7 Å². The van der Waals surface area contributed by atoms with Crippen LogP contribution in [0.15, 0.2) is 36.7 Å². The lowest BCUT2D eigenvalue weighted by atomic mass is 10.1. The smallest absolute Gasteiger partial charge is 0.257 e. The zero-order valence-corrected chi connectivity index (χ0v) is 15.0. The van der Waals surface area contributed by atoms with Crippen molar-refractivity contribution >= 4 is 11.7 Å². The van der Waals surface area contributed by atoms with Crippen molar-refractivity contribution in [2.75, 3.05) is 32.1 Å². The quantitative estimate of drug-likeness (QED) is 0.856. The molecule has 6 nitrogen and oxygen atoms in total. The van der Waals surface area contributed by atoms with Gasteiger partial charge in [0.25, 0.3) is 11.8 Å². The van der Waals surface area contributed by atoms with E-state index in [2.05, 4.69) is 9.97 Å². The number of piperidine rings is 1. The first-order chi connectivity index (χ1) is 12.0. The monoisotopic (exact) mass is 340 g/mol. The van der Waals surface area contributed by atoms with Crippen LogP contribution in [0.1, 0.15) is 28.8 Å². The molecule has 3 rings (SSSR count). The number of amides is 1. The van der Waals surface area contributed by atoms with E-state index in [4.69, 9.17) is 4.74 Å². The Bertz CT molecular complexity index is 748. The predicted molar refractivity (Wildman–Crippen MR) is 97.1 cm³/mol. The standard InChI is InChI=1S/C19H24N4O2/c1-14-6-4-7-15(12-14)19(24)23-11-5-8-16(13-23)25-18-17(22(2)3)20-9-10-21-18/h4,6-7,9-10,12,16H,5,8,11,13H2,1-3H3. The van der Waals surface area contributed by atoms with Crippen LogP contribution in [0.25, 0.3) is 0 Å². The molecule has 132 valence electrons. The molecule has 2 heterocycles. The second kappa shape index (κ2) is 7.51. The van der Waals surface area contributed by atoms with Crippen molar-refractivity contribution in [2.24, 2.45) is 0 Å². The second-order valence-corrected chi connectivity index (χ2v) is 6.58. The van der Waals surface area contributed by atoms with Gasteiger partial charge in [0.2, 0.25) is 0 Å². The number of ether oxygens (including phenoxy) is 1. The van der Waals surface area contributed by atoms with Crippen molar-refractivity contribution in [3.63, 3.8) is 0 Å². The van der Waals surface area contributed by atoms with Crippen molar-refractivity contribution in [3.05, 3.63) is 47.8 Å². The van der Waals surface area contributed by atoms with Gasteiger partial charge in [-0.15, -0.1) is 0 Å². The number of likely N-dealkylation sites (tertiary alicyclic amines) is 1. The van der Waals surface area contributed by atoms with Crippen LogP contribution in [-0.4, -0.2) is 54.1 Å². The molecular formula is C19H24N4O2. The zero-order valence-electron chi connectivity index (χ0n) is 15.0. The lowest BCUT2D eigenvalue weighted by Crippen LogP contribution is -2.44. The second-order valence-electron chi connectivity index (χ2n) is 6.58. The van der Waals surface area contributed by atoms with Crippen LogP contribution < -0.4 is 9.64 Å². The van der Waals surface area contributed by atoms with E-state index in [9.17, 15) is 4.79 Å². The van der Waals surface area contributed by atoms with E-state index in [0.29, 0.717) is 18.2 Å². The summed E-state index contributed by atoms with van der Waals surface area (Å²) < 4.78 is 6.08. The average Bonchev–Trinajstić information content (AvgIpc) is 2.61. The third kappa shape index (κ3) is 4.07. The summed E-state index contributed by atoms with van der Waals surface area (Å²) >= 11 is 0. The Morgan fingerprint density at radius 2 is 2.08 bits per heavy atom. The fourth-order valence-electron chi connectivity index (χ4n) is 3.05. The number of aryl methyl sites for hydroxylation is 1. The maximum Gasteiger partial charge on any atom is 0.257 e. The van der Waals surface area contributed by atoms with Crippen molar-refractivity contribution < 1.29 is 9.53 Å². The summed E-state index contributed by atoms with van der Waals surface area (Å²) in [4.78, 5) is 25.1. The van der Waals surface area contributed by atoms with Crippen molar-refractivity contribution in [2.45, 2.75) is 25.9 Å². The highest BCUT2D eigenvalue weighted by molar-refractivity contribution is 5.94. The van der Waals surface area contributed by atoms with E-state index in [-0.39, 0.29) is 12.0 Å². The summed E-state index contributed by atoms with van der Waals surface area (Å²) in [6.45, 7) is 3.32. The van der Waals surface area contributed by atoms with Gasteiger partial charge in [-0.25, -0.2) is 9.97 Å². The lowest BCUT2D eigenvalue weighted by molar-refractivity contribution is 0.0528. The first-order valence-corrected chi connectivity index (χ1v) is 8.55. The van der Waals surface area contributed by atoms with Crippen LogP contribution in [-0.2, 0) is 0 Å². The van der Waals surface area contributed by atoms with Gasteiger partial charge in [0.15, 0.2) is 5.82 Å². The molecule has 1 atom stereocenters. The molecule has 25 heavy (non-hydrogen) atoms. The Hall–Kier alpha value is -2.63. The summed E-state index contributed by atoms with van der Waals surface area (Å²) in [6, 6.07) is 7.71. The van der Waals surface area contributed by atoms with Gasteiger partial charge in [-0.2, -0.15) is 0 Å². The summed E-state index contributed by atoms with van der Waals surface area (Å²) in [5, 5.41) is 0. The Balaban J connectivity index is 1.70. The van der Waals surface area contributed by atoms with E-state index < -0.39 is 0 Å². The maximum atomic E-state index is 12.8. The van der Waals surface area contributed by atoms with Gasteiger partial charge in [0.1, 0.15) is 6.10 Å². The number of hydrogen-bond donors (Lipinski definition) is 0. The number of carbonyl (C=O) groups excluding carboxylic acids is 1. The fourth-order valence-corrected chi connectivity index (χ4v) is 3.05. The molecule has 1 aliphatic heterocycles. The molecule has 0 bridgehead atoms. The molecule has 0 radical (unpaired) electrons. The molecule has 0 spiro atoms. The fraction of sp³-hybridized carbons (Fsp3) is 0.421. The normalized spacial score (nSPS) is 17.2. The molecule has 1 saturated heterocycles. The maximum absolute atomic E-state index is 12.8. The van der Waals surface area contributed by atoms with Gasteiger partial charge in [0.05, 0.1) is 6.54 Å². The minimum absolute atomic E-state index is 0.0592. The van der Waals surface area contributed by atoms with E-state index in [1.54, 1.807) is 12.4 Å². The highest BCUT2D eigenvalue weighted by Crippen LogP contribution is 2.24. The Morgan fingerprint density at radius 1 is 1.28 bits per heavy atom. The molecule has 1 fully saturated rings. The number of anilines is 1. The van der Waals surface area contributed by atoms with Crippen LogP contribution in [0.4, 0.5) is 5.82 Å². The molecule has 0 aliphatic carbocycles. The van der Waals surface area contributed by atoms with Crippen LogP contribution in [0.5, 0.6) is 5.88 Å². The number of rotatable bonds is 4. The zero-order chi connectivity index (χ0) is 17.8. The molecular weight excluding hydrogens is 316 g/mol. The molecule has 1 unspecified atom stereocenters. The van der Waals surface area contributed by atoms with Crippen molar-refractivity contribution in [1.82, 2.24) is 14.9 Å². The van der Waals surface area contributed by atoms with Crippen LogP contribution in [0, 0.1) is 6.92 Å². The summed E-state index contributed by atoms with van der Waals surface area (Å²) in [5.74, 6) is 1.27. The molecule has 1 aliphatic rings. The van der Waals surface area contributed by atoms with E-state index >= 15 is 0 Å². The van der Waals surface area contributed by atoms with E-state index in [1.807, 2.05) is 55.1 Å². The van der Waals surface area contributed by atoms with Crippen molar-refractivity contribution in [1.29, 1.82) is 0 Å². The molecule has 1 aromatic heterocycles. The Labute approximate surface area is 148 Å². The van der Waals surface area contributed by atoms with Crippen LogP contribution in [0.2, 0.25) is 0 Å². The number of carbonyl (C=O) groups is 1. The molecule has 6 heteroatoms. The summed E-state index contributed by atoms with van der Waals surface area (Å²) in [7, 11) is 3.82.